The average molecular weight is 394 g/mol. The third-order valence-electron chi connectivity index (χ3n) is 5.39. The molecule has 1 fully saturated rings. The average Bonchev–Trinajstić information content (AvgIpc) is 3.36. The molecule has 1 saturated carbocycles. The van der Waals surface area contributed by atoms with Crippen molar-refractivity contribution >= 4 is 17.5 Å². The number of hydrogen-bond donors (Lipinski definition) is 2. The van der Waals surface area contributed by atoms with E-state index in [4.69, 9.17) is 9.47 Å². The minimum absolute atomic E-state index is 0.0696. The minimum Gasteiger partial charge on any atom is -0.454 e. The van der Waals surface area contributed by atoms with Gasteiger partial charge in [-0.15, -0.1) is 0 Å². The highest BCUT2D eigenvalue weighted by Gasteiger charge is 2.47. The lowest BCUT2D eigenvalue weighted by Crippen LogP contribution is -2.27. The van der Waals surface area contributed by atoms with Crippen LogP contribution < -0.4 is 20.1 Å². The van der Waals surface area contributed by atoms with Crippen molar-refractivity contribution in [2.24, 2.45) is 11.8 Å². The maximum Gasteiger partial charge on any atom is 0.231 e. The van der Waals surface area contributed by atoms with Gasteiger partial charge in [-0.25, -0.2) is 0 Å². The lowest BCUT2D eigenvalue weighted by molar-refractivity contribution is -0.125. The highest BCUT2D eigenvalue weighted by atomic mass is 16.7. The second kappa shape index (κ2) is 7.43. The maximum absolute atomic E-state index is 12.5. The van der Waals surface area contributed by atoms with Crippen molar-refractivity contribution in [3.05, 3.63) is 53.6 Å². The monoisotopic (exact) mass is 394 g/mol. The maximum atomic E-state index is 12.5. The van der Waals surface area contributed by atoms with Crippen LogP contribution in [0.1, 0.15) is 38.3 Å². The largest absolute Gasteiger partial charge is 0.454 e. The molecule has 0 aromatic heterocycles. The number of nitrogens with one attached hydrogen (secondary N) is 2. The first kappa shape index (κ1) is 19.3. The third-order valence-corrected chi connectivity index (χ3v) is 5.39. The summed E-state index contributed by atoms with van der Waals surface area (Å²) in [4.78, 5) is 24.8. The zero-order chi connectivity index (χ0) is 20.6. The van der Waals surface area contributed by atoms with E-state index >= 15 is 0 Å². The van der Waals surface area contributed by atoms with E-state index in [1.54, 1.807) is 0 Å². The van der Waals surface area contributed by atoms with Gasteiger partial charge < -0.3 is 20.1 Å². The van der Waals surface area contributed by atoms with Crippen molar-refractivity contribution in [3.63, 3.8) is 0 Å². The number of carbonyl (C=O) groups is 2. The van der Waals surface area contributed by atoms with Crippen LogP contribution in [-0.2, 0) is 21.5 Å². The van der Waals surface area contributed by atoms with Crippen molar-refractivity contribution in [2.45, 2.75) is 39.2 Å². The van der Waals surface area contributed by atoms with E-state index < -0.39 is 0 Å². The van der Waals surface area contributed by atoms with Crippen LogP contribution in [0.25, 0.3) is 0 Å². The van der Waals surface area contributed by atoms with Crippen molar-refractivity contribution in [1.29, 1.82) is 0 Å². The van der Waals surface area contributed by atoms with Crippen LogP contribution in [0.3, 0.4) is 0 Å². The first-order valence-electron chi connectivity index (χ1n) is 9.89. The van der Waals surface area contributed by atoms with Gasteiger partial charge in [-0.05, 0) is 47.2 Å². The first-order chi connectivity index (χ1) is 13.8. The number of ether oxygens (including phenoxy) is 2. The lowest BCUT2D eigenvalue weighted by atomic mass is 9.87. The number of benzene rings is 2. The molecule has 1 aliphatic heterocycles. The van der Waals surface area contributed by atoms with E-state index in [1.807, 2.05) is 42.5 Å². The second-order valence-electron chi connectivity index (χ2n) is 8.67. The summed E-state index contributed by atoms with van der Waals surface area (Å²) in [6.07, 6.45) is 0.582. The molecule has 0 radical (unpaired) electrons. The molecule has 0 bridgehead atoms. The molecule has 29 heavy (non-hydrogen) atoms. The summed E-state index contributed by atoms with van der Waals surface area (Å²) >= 11 is 0. The van der Waals surface area contributed by atoms with Crippen LogP contribution >= 0.6 is 0 Å². The Morgan fingerprint density at radius 2 is 1.66 bits per heavy atom. The van der Waals surface area contributed by atoms with Gasteiger partial charge in [-0.2, -0.15) is 0 Å². The Hall–Kier alpha value is -3.02. The number of rotatable bonds is 5. The fourth-order valence-electron chi connectivity index (χ4n) is 3.43. The molecule has 6 nitrogen and oxygen atoms in total. The summed E-state index contributed by atoms with van der Waals surface area (Å²) in [5.74, 6) is 0.682. The molecule has 152 valence electrons. The predicted molar refractivity (Wildman–Crippen MR) is 110 cm³/mol. The lowest BCUT2D eigenvalue weighted by Gasteiger charge is -2.19. The van der Waals surface area contributed by atoms with Crippen LogP contribution in [0.5, 0.6) is 11.5 Å². The van der Waals surface area contributed by atoms with Gasteiger partial charge in [0.25, 0.3) is 0 Å². The van der Waals surface area contributed by atoms with Gasteiger partial charge in [0.1, 0.15) is 0 Å². The predicted octanol–water partition coefficient (Wildman–Crippen LogP) is 3.60. The van der Waals surface area contributed by atoms with Gasteiger partial charge in [0.2, 0.25) is 18.6 Å². The van der Waals surface area contributed by atoms with E-state index in [0.29, 0.717) is 18.7 Å². The Bertz CT molecular complexity index is 931. The number of amides is 2. The van der Waals surface area contributed by atoms with Gasteiger partial charge in [0.15, 0.2) is 11.5 Å². The van der Waals surface area contributed by atoms with Gasteiger partial charge in [0, 0.05) is 12.2 Å². The molecular weight excluding hydrogens is 368 g/mol. The highest BCUT2D eigenvalue weighted by Crippen LogP contribution is 2.40. The molecule has 4 rings (SSSR count). The van der Waals surface area contributed by atoms with Gasteiger partial charge >= 0.3 is 0 Å². The standard InChI is InChI=1S/C23H26N2O4/c1-23(2,3)15-5-7-16(8-6-15)25-22(27)18-11-17(18)21(26)24-12-14-4-9-19-20(10-14)29-13-28-19/h4-10,17-18H,11-13H2,1-3H3,(H,24,26)(H,25,27). The first-order valence-corrected chi connectivity index (χ1v) is 9.89. The Kier molecular flexibility index (Phi) is 4.94. The Morgan fingerprint density at radius 1 is 0.966 bits per heavy atom. The third kappa shape index (κ3) is 4.36. The summed E-state index contributed by atoms with van der Waals surface area (Å²) in [5.41, 5.74) is 2.97. The fraction of sp³-hybridized carbons (Fsp3) is 0.391. The number of fused-ring (bicyclic) bond motifs is 1. The SMILES string of the molecule is CC(C)(C)c1ccc(NC(=O)C2CC2C(=O)NCc2ccc3c(c2)OCO3)cc1. The van der Waals surface area contributed by atoms with Gasteiger partial charge in [0.05, 0.1) is 11.8 Å². The van der Waals surface area contributed by atoms with Crippen LogP contribution in [0, 0.1) is 11.8 Å². The van der Waals surface area contributed by atoms with E-state index in [-0.39, 0.29) is 35.9 Å². The highest BCUT2D eigenvalue weighted by molar-refractivity contribution is 5.99. The van der Waals surface area contributed by atoms with Crippen molar-refractivity contribution in [3.8, 4) is 11.5 Å². The van der Waals surface area contributed by atoms with Gasteiger partial charge in [-0.1, -0.05) is 39.0 Å². The summed E-state index contributed by atoms with van der Waals surface area (Å²) < 4.78 is 10.6. The molecule has 1 aliphatic carbocycles. The molecular formula is C23H26N2O4. The quantitative estimate of drug-likeness (QED) is 0.812. The topological polar surface area (TPSA) is 76.7 Å². The van der Waals surface area contributed by atoms with E-state index in [9.17, 15) is 9.59 Å². The zero-order valence-electron chi connectivity index (χ0n) is 17.0. The van der Waals surface area contributed by atoms with Crippen molar-refractivity contribution < 1.29 is 19.1 Å². The molecule has 0 spiro atoms. The summed E-state index contributed by atoms with van der Waals surface area (Å²) in [6, 6.07) is 13.5. The molecule has 2 aromatic carbocycles. The Labute approximate surface area is 170 Å². The fourth-order valence-corrected chi connectivity index (χ4v) is 3.43. The molecule has 0 saturated heterocycles. The van der Waals surface area contributed by atoms with E-state index in [0.717, 1.165) is 17.0 Å². The molecule has 2 N–H and O–H groups in total. The molecule has 2 atom stereocenters. The molecule has 6 heteroatoms. The van der Waals surface area contributed by atoms with Crippen LogP contribution in [0.2, 0.25) is 0 Å². The molecule has 2 amide bonds. The minimum atomic E-state index is -0.269. The van der Waals surface area contributed by atoms with Crippen LogP contribution in [0.4, 0.5) is 5.69 Å². The molecule has 2 aliphatic rings. The summed E-state index contributed by atoms with van der Waals surface area (Å²) in [7, 11) is 0. The molecule has 1 heterocycles. The van der Waals surface area contributed by atoms with Crippen LogP contribution in [0.15, 0.2) is 42.5 Å². The normalized spacial score (nSPS) is 19.6. The smallest absolute Gasteiger partial charge is 0.231 e. The molecule has 2 aromatic rings. The Morgan fingerprint density at radius 3 is 2.38 bits per heavy atom. The van der Waals surface area contributed by atoms with E-state index in [1.165, 1.54) is 5.56 Å². The zero-order valence-corrected chi connectivity index (χ0v) is 17.0. The van der Waals surface area contributed by atoms with Crippen molar-refractivity contribution in [1.82, 2.24) is 5.32 Å². The number of anilines is 1. The van der Waals surface area contributed by atoms with Crippen LogP contribution in [-0.4, -0.2) is 18.6 Å². The summed E-state index contributed by atoms with van der Waals surface area (Å²) in [6.45, 7) is 7.07. The van der Waals surface area contributed by atoms with E-state index in [2.05, 4.69) is 31.4 Å². The van der Waals surface area contributed by atoms with Gasteiger partial charge in [-0.3, -0.25) is 9.59 Å². The number of carbonyl (C=O) groups excluding carboxylic acids is 2. The second-order valence-corrected chi connectivity index (χ2v) is 8.67. The number of hydrogen-bond acceptors (Lipinski definition) is 4. The molecule has 2 unspecified atom stereocenters. The summed E-state index contributed by atoms with van der Waals surface area (Å²) in [5, 5.41) is 5.83. The van der Waals surface area contributed by atoms with Crippen molar-refractivity contribution in [2.75, 3.05) is 12.1 Å². The Balaban J connectivity index is 1.26.